The van der Waals surface area contributed by atoms with Gasteiger partial charge in [0, 0.05) is 47.6 Å². The Kier molecular flexibility index (Phi) is 5.02. The molecule has 8 heteroatoms. The van der Waals surface area contributed by atoms with Gasteiger partial charge in [0.1, 0.15) is 23.7 Å². The van der Waals surface area contributed by atoms with Gasteiger partial charge >= 0.3 is 0 Å². The van der Waals surface area contributed by atoms with Crippen LogP contribution in [0.2, 0.25) is 0 Å². The van der Waals surface area contributed by atoms with Crippen molar-refractivity contribution in [2.75, 3.05) is 5.73 Å². The molecule has 0 amide bonds. The molecule has 7 nitrogen and oxygen atoms in total. The van der Waals surface area contributed by atoms with Crippen molar-refractivity contribution >= 4 is 5.82 Å². The number of halogens is 1. The van der Waals surface area contributed by atoms with E-state index < -0.39 is 11.9 Å². The molecule has 1 aromatic carbocycles. The van der Waals surface area contributed by atoms with Crippen LogP contribution in [0.25, 0.3) is 22.4 Å². The molecule has 1 aliphatic heterocycles. The van der Waals surface area contributed by atoms with Crippen molar-refractivity contribution in [1.29, 1.82) is 5.26 Å². The second-order valence-corrected chi connectivity index (χ2v) is 7.92. The van der Waals surface area contributed by atoms with E-state index in [-0.39, 0.29) is 11.5 Å². The van der Waals surface area contributed by atoms with Crippen molar-refractivity contribution in [2.24, 2.45) is 0 Å². The molecule has 164 valence electrons. The minimum Gasteiger partial charge on any atom is -0.482 e. The molecule has 0 spiro atoms. The fourth-order valence-electron chi connectivity index (χ4n) is 4.40. The second kappa shape index (κ2) is 8.02. The molecular weight excluding hydrogens is 419 g/mol. The Labute approximate surface area is 190 Å². The van der Waals surface area contributed by atoms with Crippen LogP contribution in [-0.2, 0) is 13.0 Å². The van der Waals surface area contributed by atoms with Gasteiger partial charge in [0.25, 0.3) is 0 Å². The number of nitrogen functional groups attached to an aromatic ring is 1. The van der Waals surface area contributed by atoms with Crippen LogP contribution in [0, 0.1) is 17.1 Å². The highest BCUT2D eigenvalue weighted by molar-refractivity contribution is 5.77. The van der Waals surface area contributed by atoms with Crippen LogP contribution < -0.4 is 10.5 Å². The number of ether oxygens (including phenoxy) is 1. The van der Waals surface area contributed by atoms with E-state index in [0.29, 0.717) is 35.4 Å². The molecule has 5 rings (SSSR count). The van der Waals surface area contributed by atoms with Crippen LogP contribution >= 0.6 is 0 Å². The lowest BCUT2D eigenvalue weighted by atomic mass is 9.89. The quantitative estimate of drug-likeness (QED) is 0.462. The number of rotatable bonds is 1. The summed E-state index contributed by atoms with van der Waals surface area (Å²) in [6, 6.07) is 10.4. The standard InChI is InChI=1S/C25H21FN6O/c1-3-32-24-16(13-31-32)8-15-6-7-29-21(11-27)23(15)19-5-4-18(26)10-20(19)14(2)33-22-9-17(24)12-30-25(22)28/h4-7,9-10,12-14H,3,8H2,1-2H3,(H2,28,30)/t14-/m1/s1. The van der Waals surface area contributed by atoms with Gasteiger partial charge in [-0.3, -0.25) is 4.68 Å². The SMILES string of the molecule is CCn1ncc2c1-c1cnc(N)c(c1)O[C@H](C)c1cc(F)ccc1-c1c(ccnc1C#N)C2. The van der Waals surface area contributed by atoms with E-state index >= 15 is 0 Å². The molecule has 0 aliphatic carbocycles. The maximum atomic E-state index is 14.3. The fourth-order valence-corrected chi connectivity index (χ4v) is 4.40. The number of nitriles is 1. The number of aromatic nitrogens is 4. The Morgan fingerprint density at radius 2 is 2.06 bits per heavy atom. The molecule has 3 aromatic heterocycles. The summed E-state index contributed by atoms with van der Waals surface area (Å²) < 4.78 is 22.4. The van der Waals surface area contributed by atoms with Gasteiger partial charge in [0.05, 0.1) is 11.9 Å². The number of nitrogens with zero attached hydrogens (tertiary/aromatic N) is 5. The first-order chi connectivity index (χ1) is 16.0. The third-order valence-corrected chi connectivity index (χ3v) is 5.92. The maximum Gasteiger partial charge on any atom is 0.166 e. The summed E-state index contributed by atoms with van der Waals surface area (Å²) in [6.07, 6.45) is 5.09. The molecule has 2 bridgehead atoms. The molecule has 33 heavy (non-hydrogen) atoms. The van der Waals surface area contributed by atoms with E-state index in [9.17, 15) is 9.65 Å². The summed E-state index contributed by atoms with van der Waals surface area (Å²) in [4.78, 5) is 8.64. The third kappa shape index (κ3) is 3.48. The van der Waals surface area contributed by atoms with E-state index in [1.165, 1.54) is 12.1 Å². The van der Waals surface area contributed by atoms with E-state index in [1.807, 2.05) is 36.9 Å². The Morgan fingerprint density at radius 1 is 1.21 bits per heavy atom. The first-order valence-corrected chi connectivity index (χ1v) is 10.6. The second-order valence-electron chi connectivity index (χ2n) is 7.92. The molecule has 0 unspecified atom stereocenters. The largest absolute Gasteiger partial charge is 0.482 e. The lowest BCUT2D eigenvalue weighted by Gasteiger charge is -2.22. The minimum absolute atomic E-state index is 0.240. The van der Waals surface area contributed by atoms with Crippen molar-refractivity contribution in [3.63, 3.8) is 0 Å². The highest BCUT2D eigenvalue weighted by Gasteiger charge is 2.24. The number of anilines is 1. The van der Waals surface area contributed by atoms with Crippen LogP contribution in [0.5, 0.6) is 5.75 Å². The highest BCUT2D eigenvalue weighted by Crippen LogP contribution is 2.39. The molecule has 4 heterocycles. The number of pyridine rings is 2. The molecule has 4 aromatic rings. The Balaban J connectivity index is 1.86. The topological polar surface area (TPSA) is 103 Å². The number of nitrogens with two attached hydrogens (primary N) is 1. The van der Waals surface area contributed by atoms with Crippen LogP contribution in [-0.4, -0.2) is 19.7 Å². The smallest absolute Gasteiger partial charge is 0.166 e. The van der Waals surface area contributed by atoms with Gasteiger partial charge in [-0.2, -0.15) is 10.4 Å². The normalized spacial score (nSPS) is 14.5. The predicted molar refractivity (Wildman–Crippen MR) is 122 cm³/mol. The number of fused-ring (bicyclic) bond motifs is 7. The zero-order valence-corrected chi connectivity index (χ0v) is 18.2. The molecule has 1 aliphatic rings. The molecule has 0 radical (unpaired) electrons. The van der Waals surface area contributed by atoms with Crippen LogP contribution in [0.1, 0.15) is 42.3 Å². The van der Waals surface area contributed by atoms with Crippen molar-refractivity contribution in [3.8, 4) is 34.2 Å². The van der Waals surface area contributed by atoms with E-state index in [2.05, 4.69) is 21.1 Å². The molecule has 0 fully saturated rings. The van der Waals surface area contributed by atoms with Crippen molar-refractivity contribution in [2.45, 2.75) is 32.9 Å². The zero-order valence-electron chi connectivity index (χ0n) is 18.2. The van der Waals surface area contributed by atoms with Gasteiger partial charge in [-0.25, -0.2) is 14.4 Å². The lowest BCUT2D eigenvalue weighted by molar-refractivity contribution is 0.228. The van der Waals surface area contributed by atoms with Gasteiger partial charge in [-0.1, -0.05) is 6.07 Å². The highest BCUT2D eigenvalue weighted by atomic mass is 19.1. The van der Waals surface area contributed by atoms with Gasteiger partial charge in [-0.15, -0.1) is 0 Å². The van der Waals surface area contributed by atoms with Gasteiger partial charge in [0.15, 0.2) is 11.6 Å². The molecule has 1 atom stereocenters. The molecular formula is C25H21FN6O. The molecule has 0 saturated heterocycles. The van der Waals surface area contributed by atoms with Gasteiger partial charge in [-0.05, 0) is 49.2 Å². The monoisotopic (exact) mass is 440 g/mol. The van der Waals surface area contributed by atoms with Gasteiger partial charge in [0.2, 0.25) is 0 Å². The summed E-state index contributed by atoms with van der Waals surface area (Å²) in [5, 5.41) is 14.4. The summed E-state index contributed by atoms with van der Waals surface area (Å²) in [7, 11) is 0. The number of benzene rings is 1. The summed E-state index contributed by atoms with van der Waals surface area (Å²) in [5.74, 6) is 0.244. The summed E-state index contributed by atoms with van der Waals surface area (Å²) in [6.45, 7) is 4.51. The first kappa shape index (κ1) is 20.6. The molecule has 0 saturated carbocycles. The zero-order chi connectivity index (χ0) is 23.1. The average molecular weight is 440 g/mol. The fraction of sp³-hybridized carbons (Fsp3) is 0.200. The Hall–Kier alpha value is -4.25. The predicted octanol–water partition coefficient (Wildman–Crippen LogP) is 4.66. The first-order valence-electron chi connectivity index (χ1n) is 10.6. The Morgan fingerprint density at radius 3 is 2.85 bits per heavy atom. The Bertz CT molecular complexity index is 1420. The third-order valence-electron chi connectivity index (χ3n) is 5.92. The minimum atomic E-state index is -0.565. The van der Waals surface area contributed by atoms with E-state index in [0.717, 1.165) is 22.4 Å². The van der Waals surface area contributed by atoms with Crippen LogP contribution in [0.15, 0.2) is 48.9 Å². The lowest BCUT2D eigenvalue weighted by Crippen LogP contribution is -2.10. The number of hydrogen-bond acceptors (Lipinski definition) is 6. The van der Waals surface area contributed by atoms with E-state index in [4.69, 9.17) is 10.5 Å². The number of hydrogen-bond donors (Lipinski definition) is 1. The van der Waals surface area contributed by atoms with Crippen molar-refractivity contribution in [3.05, 3.63) is 77.1 Å². The average Bonchev–Trinajstić information content (AvgIpc) is 3.22. The van der Waals surface area contributed by atoms with Crippen LogP contribution in [0.3, 0.4) is 0 Å². The van der Waals surface area contributed by atoms with Crippen molar-refractivity contribution in [1.82, 2.24) is 19.7 Å². The van der Waals surface area contributed by atoms with Crippen LogP contribution in [0.4, 0.5) is 10.2 Å². The summed E-state index contributed by atoms with van der Waals surface area (Å²) in [5.41, 5.74) is 11.9. The van der Waals surface area contributed by atoms with E-state index in [1.54, 1.807) is 18.5 Å². The molecule has 2 N–H and O–H groups in total. The maximum absolute atomic E-state index is 14.3. The summed E-state index contributed by atoms with van der Waals surface area (Å²) >= 11 is 0. The van der Waals surface area contributed by atoms with Crippen molar-refractivity contribution < 1.29 is 9.13 Å². The number of aryl methyl sites for hydroxylation is 1. The van der Waals surface area contributed by atoms with Gasteiger partial charge < -0.3 is 10.5 Å².